The molecule has 1 amide bonds. The van der Waals surface area contributed by atoms with Crippen LogP contribution >= 0.6 is 0 Å². The molecule has 0 fully saturated rings. The van der Waals surface area contributed by atoms with Gasteiger partial charge in [-0.05, 0) is 50.6 Å². The molecule has 0 spiro atoms. The molecule has 0 unspecified atom stereocenters. The Labute approximate surface area is 159 Å². The van der Waals surface area contributed by atoms with Crippen molar-refractivity contribution in [2.24, 2.45) is 0 Å². The van der Waals surface area contributed by atoms with Gasteiger partial charge in [0.15, 0.2) is 0 Å². The molecule has 0 saturated carbocycles. The Bertz CT molecular complexity index is 910. The summed E-state index contributed by atoms with van der Waals surface area (Å²) >= 11 is 0. The Balaban J connectivity index is 2.09. The number of aryl methyl sites for hydroxylation is 1. The maximum Gasteiger partial charge on any atom is 0.244 e. The molecule has 0 radical (unpaired) electrons. The third kappa shape index (κ3) is 5.70. The van der Waals surface area contributed by atoms with Crippen molar-refractivity contribution in [2.75, 3.05) is 19.0 Å². The third-order valence-electron chi connectivity index (χ3n) is 3.56. The molecule has 8 heteroatoms. The summed E-state index contributed by atoms with van der Waals surface area (Å²) in [5.41, 5.74) is 1.24. The average Bonchev–Trinajstić information content (AvgIpc) is 2.61. The van der Waals surface area contributed by atoms with Crippen molar-refractivity contribution in [3.63, 3.8) is 0 Å². The van der Waals surface area contributed by atoms with Crippen LogP contribution < -0.4 is 19.5 Å². The SMILES string of the molecule is COc1ccc(C)cc1S(=O)(=O)NCC(=O)Nc1ccccc1OC(C)C. The second-order valence-corrected chi connectivity index (χ2v) is 7.93. The van der Waals surface area contributed by atoms with E-state index in [9.17, 15) is 13.2 Å². The van der Waals surface area contributed by atoms with E-state index in [1.807, 2.05) is 13.8 Å². The van der Waals surface area contributed by atoms with E-state index in [-0.39, 0.29) is 16.7 Å². The zero-order chi connectivity index (χ0) is 20.0. The molecule has 2 aromatic rings. The molecule has 27 heavy (non-hydrogen) atoms. The molecule has 7 nitrogen and oxygen atoms in total. The van der Waals surface area contributed by atoms with Crippen LogP contribution in [0.4, 0.5) is 5.69 Å². The van der Waals surface area contributed by atoms with Crippen LogP contribution in [0, 0.1) is 6.92 Å². The maximum absolute atomic E-state index is 12.5. The number of ether oxygens (including phenoxy) is 2. The first-order valence-corrected chi connectivity index (χ1v) is 9.91. The molecule has 0 aromatic heterocycles. The lowest BCUT2D eigenvalue weighted by Crippen LogP contribution is -2.33. The normalized spacial score (nSPS) is 11.3. The highest BCUT2D eigenvalue weighted by molar-refractivity contribution is 7.89. The van der Waals surface area contributed by atoms with Crippen LogP contribution in [0.2, 0.25) is 0 Å². The lowest BCUT2D eigenvalue weighted by Gasteiger charge is -2.15. The number of carbonyl (C=O) groups excluding carboxylic acids is 1. The average molecular weight is 392 g/mol. The third-order valence-corrected chi connectivity index (χ3v) is 4.98. The summed E-state index contributed by atoms with van der Waals surface area (Å²) in [6.45, 7) is 5.11. The molecule has 0 aliphatic rings. The highest BCUT2D eigenvalue weighted by Gasteiger charge is 2.21. The van der Waals surface area contributed by atoms with Crippen molar-refractivity contribution in [1.82, 2.24) is 4.72 Å². The number of anilines is 1. The zero-order valence-electron chi connectivity index (χ0n) is 15.8. The number of para-hydroxylation sites is 2. The lowest BCUT2D eigenvalue weighted by molar-refractivity contribution is -0.115. The fraction of sp³-hybridized carbons (Fsp3) is 0.316. The highest BCUT2D eigenvalue weighted by Crippen LogP contribution is 2.26. The smallest absolute Gasteiger partial charge is 0.244 e. The summed E-state index contributed by atoms with van der Waals surface area (Å²) < 4.78 is 38.1. The molecule has 2 rings (SSSR count). The number of amides is 1. The maximum atomic E-state index is 12.5. The van der Waals surface area contributed by atoms with Crippen LogP contribution in [-0.2, 0) is 14.8 Å². The van der Waals surface area contributed by atoms with E-state index < -0.39 is 22.5 Å². The van der Waals surface area contributed by atoms with Gasteiger partial charge in [0.1, 0.15) is 16.4 Å². The number of carbonyl (C=O) groups is 1. The Morgan fingerprint density at radius 1 is 1.11 bits per heavy atom. The van der Waals surface area contributed by atoms with Crippen molar-refractivity contribution in [3.8, 4) is 11.5 Å². The van der Waals surface area contributed by atoms with Crippen LogP contribution in [0.5, 0.6) is 11.5 Å². The first-order valence-electron chi connectivity index (χ1n) is 8.43. The van der Waals surface area contributed by atoms with Crippen molar-refractivity contribution in [2.45, 2.75) is 31.8 Å². The van der Waals surface area contributed by atoms with Gasteiger partial charge < -0.3 is 14.8 Å². The van der Waals surface area contributed by atoms with E-state index in [0.717, 1.165) is 5.56 Å². The lowest BCUT2D eigenvalue weighted by atomic mass is 10.2. The van der Waals surface area contributed by atoms with Gasteiger partial charge in [0.2, 0.25) is 15.9 Å². The summed E-state index contributed by atoms with van der Waals surface area (Å²) in [6, 6.07) is 11.8. The van der Waals surface area contributed by atoms with Gasteiger partial charge in [0.05, 0.1) is 25.4 Å². The molecule has 2 aromatic carbocycles. The summed E-state index contributed by atoms with van der Waals surface area (Å²) in [7, 11) is -2.52. The van der Waals surface area contributed by atoms with Crippen molar-refractivity contribution in [3.05, 3.63) is 48.0 Å². The van der Waals surface area contributed by atoms with Crippen LogP contribution in [-0.4, -0.2) is 34.1 Å². The van der Waals surface area contributed by atoms with Gasteiger partial charge in [-0.15, -0.1) is 0 Å². The molecular formula is C19H24N2O5S. The van der Waals surface area contributed by atoms with Gasteiger partial charge in [0.25, 0.3) is 0 Å². The molecule has 0 bridgehead atoms. The van der Waals surface area contributed by atoms with E-state index in [1.165, 1.54) is 13.2 Å². The number of hydrogen-bond donors (Lipinski definition) is 2. The van der Waals surface area contributed by atoms with Crippen LogP contribution in [0.15, 0.2) is 47.4 Å². The van der Waals surface area contributed by atoms with Crippen LogP contribution in [0.3, 0.4) is 0 Å². The molecular weight excluding hydrogens is 368 g/mol. The Kier molecular flexibility index (Phi) is 6.81. The zero-order valence-corrected chi connectivity index (χ0v) is 16.6. The fourth-order valence-electron chi connectivity index (χ4n) is 2.35. The van der Waals surface area contributed by atoms with Gasteiger partial charge in [-0.1, -0.05) is 18.2 Å². The Morgan fingerprint density at radius 2 is 1.81 bits per heavy atom. The summed E-state index contributed by atoms with van der Waals surface area (Å²) in [5.74, 6) is 0.221. The topological polar surface area (TPSA) is 93.7 Å². The Morgan fingerprint density at radius 3 is 2.48 bits per heavy atom. The molecule has 0 saturated heterocycles. The van der Waals surface area contributed by atoms with Gasteiger partial charge in [0, 0.05) is 0 Å². The first kappa shape index (κ1) is 20.7. The van der Waals surface area contributed by atoms with Crippen LogP contribution in [0.1, 0.15) is 19.4 Å². The summed E-state index contributed by atoms with van der Waals surface area (Å²) in [4.78, 5) is 12.2. The van der Waals surface area contributed by atoms with E-state index >= 15 is 0 Å². The number of nitrogens with one attached hydrogen (secondary N) is 2. The predicted octanol–water partition coefficient (Wildman–Crippen LogP) is 2.71. The van der Waals surface area contributed by atoms with E-state index in [2.05, 4.69) is 10.0 Å². The fourth-order valence-corrected chi connectivity index (χ4v) is 3.59. The second-order valence-electron chi connectivity index (χ2n) is 6.19. The van der Waals surface area contributed by atoms with Gasteiger partial charge >= 0.3 is 0 Å². The van der Waals surface area contributed by atoms with Crippen LogP contribution in [0.25, 0.3) is 0 Å². The molecule has 0 atom stereocenters. The van der Waals surface area contributed by atoms with Gasteiger partial charge in [-0.3, -0.25) is 4.79 Å². The predicted molar refractivity (Wildman–Crippen MR) is 104 cm³/mol. The molecule has 0 aliphatic carbocycles. The minimum atomic E-state index is -3.91. The van der Waals surface area contributed by atoms with E-state index in [4.69, 9.17) is 9.47 Å². The molecule has 2 N–H and O–H groups in total. The minimum absolute atomic E-state index is 0.0126. The van der Waals surface area contributed by atoms with E-state index in [0.29, 0.717) is 11.4 Å². The van der Waals surface area contributed by atoms with Gasteiger partial charge in [-0.25, -0.2) is 13.1 Å². The second kappa shape index (κ2) is 8.88. The van der Waals surface area contributed by atoms with Crippen molar-refractivity contribution < 1.29 is 22.7 Å². The van der Waals surface area contributed by atoms with Crippen molar-refractivity contribution >= 4 is 21.6 Å². The van der Waals surface area contributed by atoms with E-state index in [1.54, 1.807) is 43.3 Å². The number of hydrogen-bond acceptors (Lipinski definition) is 5. The monoisotopic (exact) mass is 392 g/mol. The minimum Gasteiger partial charge on any atom is -0.495 e. The Hall–Kier alpha value is -2.58. The standard InChI is InChI=1S/C19H24N2O5S/c1-13(2)26-16-8-6-5-7-15(16)21-19(22)12-20-27(23,24)18-11-14(3)9-10-17(18)25-4/h5-11,13,20H,12H2,1-4H3,(H,21,22). The molecule has 0 aliphatic heterocycles. The first-order chi connectivity index (χ1) is 12.7. The summed E-state index contributed by atoms with van der Waals surface area (Å²) in [5, 5.41) is 2.66. The molecule has 0 heterocycles. The quantitative estimate of drug-likeness (QED) is 0.720. The number of methoxy groups -OCH3 is 1. The number of sulfonamides is 1. The molecule has 146 valence electrons. The number of benzene rings is 2. The highest BCUT2D eigenvalue weighted by atomic mass is 32.2. The number of rotatable bonds is 8. The largest absolute Gasteiger partial charge is 0.495 e. The summed E-state index contributed by atoms with van der Waals surface area (Å²) in [6.07, 6.45) is -0.0599. The van der Waals surface area contributed by atoms with Gasteiger partial charge in [-0.2, -0.15) is 0 Å². The van der Waals surface area contributed by atoms with Crippen molar-refractivity contribution in [1.29, 1.82) is 0 Å².